The van der Waals surface area contributed by atoms with Crippen LogP contribution in [0.4, 0.5) is 9.18 Å². The van der Waals surface area contributed by atoms with E-state index in [9.17, 15) is 17.6 Å². The number of urea groups is 1. The molecule has 1 heterocycles. The van der Waals surface area contributed by atoms with Crippen LogP contribution in [0.3, 0.4) is 0 Å². The molecular weight excluding hydrogens is 391 g/mol. The van der Waals surface area contributed by atoms with E-state index in [4.69, 9.17) is 0 Å². The summed E-state index contributed by atoms with van der Waals surface area (Å²) in [5.41, 5.74) is 1.84. The molecule has 3 rings (SSSR count). The van der Waals surface area contributed by atoms with Gasteiger partial charge in [-0.15, -0.1) is 0 Å². The number of hydrogen-bond donors (Lipinski definition) is 1. The molecule has 29 heavy (non-hydrogen) atoms. The van der Waals surface area contributed by atoms with E-state index >= 15 is 0 Å². The minimum Gasteiger partial charge on any atom is -0.324 e. The lowest BCUT2D eigenvalue weighted by molar-refractivity contribution is 0.173. The van der Waals surface area contributed by atoms with Gasteiger partial charge in [0.05, 0.1) is 5.41 Å². The fourth-order valence-electron chi connectivity index (χ4n) is 3.40. The van der Waals surface area contributed by atoms with Gasteiger partial charge in [0.25, 0.3) is 10.0 Å². The molecule has 0 aliphatic carbocycles. The highest BCUT2D eigenvalue weighted by molar-refractivity contribution is 7.93. The summed E-state index contributed by atoms with van der Waals surface area (Å²) in [5, 5.41) is 0.921. The fourth-order valence-corrected chi connectivity index (χ4v) is 4.18. The van der Waals surface area contributed by atoms with Crippen LogP contribution in [-0.4, -0.2) is 32.4 Å². The number of sulfonamides is 1. The number of nitrogens with zero attached hydrogens (tertiary/aromatic N) is 1. The molecule has 1 aliphatic heterocycles. The van der Waals surface area contributed by atoms with Gasteiger partial charge in [0, 0.05) is 13.1 Å². The van der Waals surface area contributed by atoms with Crippen LogP contribution in [0.25, 0.3) is 6.08 Å². The summed E-state index contributed by atoms with van der Waals surface area (Å²) in [5.74, 6) is 0.139. The topological polar surface area (TPSA) is 66.5 Å². The average molecular weight is 417 g/mol. The molecule has 154 valence electrons. The quantitative estimate of drug-likeness (QED) is 0.768. The lowest BCUT2D eigenvalue weighted by atomic mass is 9.91. The second-order valence-corrected chi connectivity index (χ2v) is 8.83. The number of piperidine rings is 1. The highest BCUT2D eigenvalue weighted by Crippen LogP contribution is 2.22. The third-order valence-electron chi connectivity index (χ3n) is 5.13. The zero-order valence-electron chi connectivity index (χ0n) is 16.1. The van der Waals surface area contributed by atoms with E-state index in [1.54, 1.807) is 4.90 Å². The first-order valence-electron chi connectivity index (χ1n) is 9.70. The molecule has 1 aliphatic rings. The molecule has 0 unspecified atom stereocenters. The maximum absolute atomic E-state index is 12.9. The van der Waals surface area contributed by atoms with Gasteiger partial charge in [-0.05, 0) is 60.9 Å². The molecule has 0 aromatic heterocycles. The van der Waals surface area contributed by atoms with Crippen molar-refractivity contribution in [3.8, 4) is 0 Å². The van der Waals surface area contributed by atoms with Crippen LogP contribution in [0.2, 0.25) is 0 Å². The van der Waals surface area contributed by atoms with Gasteiger partial charge >= 0.3 is 6.03 Å². The first-order valence-corrected chi connectivity index (χ1v) is 11.3. The van der Waals surface area contributed by atoms with Crippen LogP contribution >= 0.6 is 0 Å². The zero-order valence-corrected chi connectivity index (χ0v) is 16.9. The molecule has 1 fully saturated rings. The first-order chi connectivity index (χ1) is 13.9. The number of amides is 2. The third-order valence-corrected chi connectivity index (χ3v) is 6.08. The van der Waals surface area contributed by atoms with Crippen LogP contribution in [0.1, 0.15) is 30.4 Å². The van der Waals surface area contributed by atoms with Gasteiger partial charge in [0.2, 0.25) is 0 Å². The van der Waals surface area contributed by atoms with Crippen molar-refractivity contribution in [3.63, 3.8) is 0 Å². The molecule has 5 nitrogen and oxygen atoms in total. The Morgan fingerprint density at radius 2 is 1.72 bits per heavy atom. The lowest BCUT2D eigenvalue weighted by Crippen LogP contribution is -2.46. The van der Waals surface area contributed by atoms with Gasteiger partial charge < -0.3 is 4.90 Å². The Balaban J connectivity index is 1.45. The van der Waals surface area contributed by atoms with Crippen molar-refractivity contribution in [2.24, 2.45) is 5.92 Å². The number of halogens is 1. The summed E-state index contributed by atoms with van der Waals surface area (Å²) in [6.07, 6.45) is 5.14. The molecule has 2 aromatic carbocycles. The number of carbonyl (C=O) groups excluding carboxylic acids is 1. The van der Waals surface area contributed by atoms with Crippen molar-refractivity contribution < 1.29 is 17.6 Å². The summed E-state index contributed by atoms with van der Waals surface area (Å²) < 4.78 is 39.2. The molecule has 1 N–H and O–H groups in total. The van der Waals surface area contributed by atoms with Gasteiger partial charge in [0.1, 0.15) is 5.82 Å². The molecule has 0 saturated carbocycles. The van der Waals surface area contributed by atoms with E-state index in [-0.39, 0.29) is 0 Å². The Kier molecular flexibility index (Phi) is 7.04. The van der Waals surface area contributed by atoms with E-state index < -0.39 is 21.9 Å². The maximum Gasteiger partial charge on any atom is 0.331 e. The van der Waals surface area contributed by atoms with E-state index in [0.29, 0.717) is 24.6 Å². The van der Waals surface area contributed by atoms with Gasteiger partial charge in [-0.1, -0.05) is 42.5 Å². The number of nitrogens with one attached hydrogen (secondary N) is 1. The third kappa shape index (κ3) is 6.71. The second-order valence-electron chi connectivity index (χ2n) is 7.26. The summed E-state index contributed by atoms with van der Waals surface area (Å²) in [7, 11) is -3.91. The van der Waals surface area contributed by atoms with Gasteiger partial charge in [-0.3, -0.25) is 0 Å². The molecule has 0 bridgehead atoms. The summed E-state index contributed by atoms with van der Waals surface area (Å²) >= 11 is 0. The number of likely N-dealkylation sites (tertiary alicyclic amines) is 1. The van der Waals surface area contributed by atoms with Gasteiger partial charge in [-0.2, -0.15) is 0 Å². The maximum atomic E-state index is 12.9. The van der Waals surface area contributed by atoms with Crippen molar-refractivity contribution >= 4 is 22.1 Å². The van der Waals surface area contributed by atoms with Crippen LogP contribution in [0.5, 0.6) is 0 Å². The Morgan fingerprint density at radius 1 is 1.07 bits per heavy atom. The van der Waals surface area contributed by atoms with Gasteiger partial charge in [-0.25, -0.2) is 22.3 Å². The molecule has 0 atom stereocenters. The van der Waals surface area contributed by atoms with Crippen LogP contribution in [0, 0.1) is 11.7 Å². The molecule has 1 saturated heterocycles. The van der Waals surface area contributed by atoms with Crippen molar-refractivity contribution in [1.29, 1.82) is 0 Å². The summed E-state index contributed by atoms with van der Waals surface area (Å²) in [4.78, 5) is 13.9. The minimum absolute atomic E-state index is 0.398. The number of hydrogen-bond acceptors (Lipinski definition) is 3. The van der Waals surface area contributed by atoms with E-state index in [1.165, 1.54) is 35.9 Å². The Morgan fingerprint density at radius 3 is 2.38 bits per heavy atom. The Hall–Kier alpha value is -2.67. The van der Waals surface area contributed by atoms with Crippen molar-refractivity contribution in [3.05, 3.63) is 76.9 Å². The molecule has 2 amide bonds. The number of carbonyl (C=O) groups is 1. The molecular formula is C22H25FN2O3S. The number of rotatable bonds is 6. The smallest absolute Gasteiger partial charge is 0.324 e. The highest BCUT2D eigenvalue weighted by Gasteiger charge is 2.24. The minimum atomic E-state index is -3.91. The van der Waals surface area contributed by atoms with Gasteiger partial charge in [0.15, 0.2) is 0 Å². The number of benzene rings is 2. The average Bonchev–Trinajstić information content (AvgIpc) is 2.73. The molecule has 2 aromatic rings. The van der Waals surface area contributed by atoms with E-state index in [0.717, 1.165) is 31.1 Å². The van der Waals surface area contributed by atoms with Crippen LogP contribution < -0.4 is 4.72 Å². The Labute approximate surface area is 171 Å². The SMILES string of the molecule is O=C(NS(=O)(=O)C=Cc1ccc(F)cc1)N1CCC(CCc2ccccc2)CC1. The van der Waals surface area contributed by atoms with Crippen molar-refractivity contribution in [2.75, 3.05) is 13.1 Å². The fraction of sp³-hybridized carbons (Fsp3) is 0.318. The van der Waals surface area contributed by atoms with E-state index in [2.05, 4.69) is 16.9 Å². The zero-order chi connectivity index (χ0) is 20.7. The van der Waals surface area contributed by atoms with Crippen molar-refractivity contribution in [1.82, 2.24) is 9.62 Å². The monoisotopic (exact) mass is 416 g/mol. The molecule has 7 heteroatoms. The molecule has 0 spiro atoms. The van der Waals surface area contributed by atoms with Crippen LogP contribution in [0.15, 0.2) is 60.0 Å². The van der Waals surface area contributed by atoms with E-state index in [1.807, 2.05) is 18.2 Å². The molecule has 0 radical (unpaired) electrons. The second kappa shape index (κ2) is 9.69. The normalized spacial score (nSPS) is 15.6. The predicted molar refractivity (Wildman–Crippen MR) is 112 cm³/mol. The summed E-state index contributed by atoms with van der Waals surface area (Å²) in [6, 6.07) is 15.1. The highest BCUT2D eigenvalue weighted by atomic mass is 32.2. The lowest BCUT2D eigenvalue weighted by Gasteiger charge is -2.31. The largest absolute Gasteiger partial charge is 0.331 e. The Bertz CT molecular complexity index is 936. The number of aryl methyl sites for hydroxylation is 1. The standard InChI is InChI=1S/C22H25FN2O3S/c23-21-10-8-19(9-11-21)14-17-29(27,28)24-22(26)25-15-12-20(13-16-25)7-6-18-4-2-1-3-5-18/h1-5,8-11,14,17,20H,6-7,12-13,15-16H2,(H,24,26). The predicted octanol–water partition coefficient (Wildman–Crippen LogP) is 4.18. The summed E-state index contributed by atoms with van der Waals surface area (Å²) in [6.45, 7) is 1.09. The first kappa shape index (κ1) is 21.0. The van der Waals surface area contributed by atoms with Crippen molar-refractivity contribution in [2.45, 2.75) is 25.7 Å². The van der Waals surface area contributed by atoms with Crippen LogP contribution in [-0.2, 0) is 16.4 Å².